The van der Waals surface area contributed by atoms with Crippen LogP contribution < -0.4 is 14.9 Å². The third kappa shape index (κ3) is 7.03. The Labute approximate surface area is 293 Å². The van der Waals surface area contributed by atoms with E-state index in [1.165, 1.54) is 38.1 Å². The quantitative estimate of drug-likeness (QED) is 0.110. The maximum atomic E-state index is 14.0. The molecule has 19 heteroatoms. The number of phenolic OH excluding ortho intramolecular Hbond substituents is 2. The zero-order valence-electron chi connectivity index (χ0n) is 27.5. The Balaban J connectivity index is 1.38. The van der Waals surface area contributed by atoms with Crippen molar-refractivity contribution in [1.29, 1.82) is 0 Å². The molecule has 0 spiro atoms. The minimum atomic E-state index is -1.85. The largest absolute Gasteiger partial charge is 0.508 e. The molecule has 0 bridgehead atoms. The van der Waals surface area contributed by atoms with Crippen molar-refractivity contribution in [3.63, 3.8) is 0 Å². The Bertz CT molecular complexity index is 1770. The summed E-state index contributed by atoms with van der Waals surface area (Å²) >= 11 is 0. The van der Waals surface area contributed by atoms with Gasteiger partial charge < -0.3 is 89.0 Å². The zero-order valence-corrected chi connectivity index (χ0v) is 27.5. The normalized spacial score (nSPS) is 38.2. The lowest BCUT2D eigenvalue weighted by atomic mass is 9.97. The van der Waals surface area contributed by atoms with E-state index >= 15 is 0 Å². The summed E-state index contributed by atoms with van der Waals surface area (Å²) in [6.07, 6.45) is -23.9. The predicted octanol–water partition coefficient (Wildman–Crippen LogP) is -2.89. The molecule has 3 fully saturated rings. The summed E-state index contributed by atoms with van der Waals surface area (Å²) in [5.41, 5.74) is -1.13. The second-order valence-electron chi connectivity index (χ2n) is 12.9. The van der Waals surface area contributed by atoms with Crippen LogP contribution in [-0.2, 0) is 18.9 Å². The number of rotatable bonds is 8. The average molecular weight is 741 g/mol. The molecule has 11 N–H and O–H groups in total. The van der Waals surface area contributed by atoms with Crippen LogP contribution in [0.4, 0.5) is 0 Å². The van der Waals surface area contributed by atoms with Gasteiger partial charge in [0, 0.05) is 17.7 Å². The highest BCUT2D eigenvalue weighted by molar-refractivity contribution is 5.88. The number of benzene rings is 2. The molecule has 0 amide bonds. The third-order valence-electron chi connectivity index (χ3n) is 9.25. The van der Waals surface area contributed by atoms with E-state index in [1.807, 2.05) is 0 Å². The van der Waals surface area contributed by atoms with E-state index in [0.29, 0.717) is 0 Å². The SMILES string of the molecule is CC1OC(Oc2c(-c3ccc(O)cc3)oc3cc(OC4OC(CO)C(O)C(O)C4OC4OC(C)C(O)C(O)C4O)cc(O)c3c2=O)C(O)C(O)C1O. The first-order valence-electron chi connectivity index (χ1n) is 16.2. The van der Waals surface area contributed by atoms with Crippen LogP contribution in [0.1, 0.15) is 13.8 Å². The second-order valence-corrected chi connectivity index (χ2v) is 12.9. The molecule has 0 radical (unpaired) electrons. The standard InChI is InChI=1S/C33H40O19/c1-10-19(37)23(41)26(44)31(46-10)51-29-22(40)18-15(36)7-14(8-16(18)49-28(29)12-3-5-13(35)6-4-12)48-33-30(25(43)21(39)17(9-34)50-33)52-32-27(45)24(42)20(38)11(2)47-32/h3-8,10-11,17,19-21,23-27,30-39,41-45H,9H2,1-2H3. The van der Waals surface area contributed by atoms with Crippen molar-refractivity contribution in [2.24, 2.45) is 0 Å². The van der Waals surface area contributed by atoms with Crippen LogP contribution in [0.25, 0.3) is 22.3 Å². The molecule has 3 aliphatic rings. The van der Waals surface area contributed by atoms with Crippen LogP contribution in [0, 0.1) is 0 Å². The van der Waals surface area contributed by atoms with Crippen molar-refractivity contribution >= 4 is 11.0 Å². The van der Waals surface area contributed by atoms with Gasteiger partial charge in [0.05, 0.1) is 18.8 Å². The predicted molar refractivity (Wildman–Crippen MR) is 170 cm³/mol. The lowest BCUT2D eigenvalue weighted by molar-refractivity contribution is -0.354. The van der Waals surface area contributed by atoms with Crippen LogP contribution in [0.2, 0.25) is 0 Å². The average Bonchev–Trinajstić information content (AvgIpc) is 3.11. The fraction of sp³-hybridized carbons (Fsp3) is 0.545. The maximum absolute atomic E-state index is 14.0. The highest BCUT2D eigenvalue weighted by Crippen LogP contribution is 2.39. The van der Waals surface area contributed by atoms with Crippen LogP contribution in [0.15, 0.2) is 45.6 Å². The fourth-order valence-corrected chi connectivity index (χ4v) is 6.17. The Morgan fingerprint density at radius 1 is 0.673 bits per heavy atom. The lowest BCUT2D eigenvalue weighted by Gasteiger charge is -2.45. The summed E-state index contributed by atoms with van der Waals surface area (Å²) in [5, 5.41) is 114. The van der Waals surface area contributed by atoms with Crippen molar-refractivity contribution < 1.29 is 89.0 Å². The first-order chi connectivity index (χ1) is 24.6. The van der Waals surface area contributed by atoms with E-state index in [4.69, 9.17) is 32.8 Å². The van der Waals surface area contributed by atoms with Gasteiger partial charge in [-0.25, -0.2) is 0 Å². The first kappa shape index (κ1) is 38.1. The molecular weight excluding hydrogens is 700 g/mol. The van der Waals surface area contributed by atoms with Crippen LogP contribution in [0.5, 0.6) is 23.0 Å². The summed E-state index contributed by atoms with van der Waals surface area (Å²) in [5.74, 6) is -2.01. The molecule has 52 heavy (non-hydrogen) atoms. The Morgan fingerprint density at radius 2 is 1.27 bits per heavy atom. The van der Waals surface area contributed by atoms with Gasteiger partial charge in [-0.3, -0.25) is 4.79 Å². The molecule has 3 aliphatic heterocycles. The highest BCUT2D eigenvalue weighted by atomic mass is 16.8. The summed E-state index contributed by atoms with van der Waals surface area (Å²) in [4.78, 5) is 14.0. The van der Waals surface area contributed by atoms with Crippen molar-refractivity contribution in [2.75, 3.05) is 6.61 Å². The number of fused-ring (bicyclic) bond motifs is 1. The Morgan fingerprint density at radius 3 is 1.88 bits per heavy atom. The van der Waals surface area contributed by atoms with E-state index in [9.17, 15) is 61.0 Å². The monoisotopic (exact) mass is 740 g/mol. The molecule has 15 unspecified atom stereocenters. The van der Waals surface area contributed by atoms with Crippen molar-refractivity contribution in [2.45, 2.75) is 106 Å². The first-order valence-corrected chi connectivity index (χ1v) is 16.2. The van der Waals surface area contributed by atoms with E-state index in [-0.39, 0.29) is 28.4 Å². The number of aliphatic hydroxyl groups is 9. The number of hydrogen-bond donors (Lipinski definition) is 11. The van der Waals surface area contributed by atoms with Crippen molar-refractivity contribution in [1.82, 2.24) is 0 Å². The molecule has 286 valence electrons. The molecule has 4 heterocycles. The van der Waals surface area contributed by atoms with Crippen molar-refractivity contribution in [3.05, 3.63) is 46.6 Å². The zero-order chi connectivity index (χ0) is 37.8. The molecule has 3 saturated heterocycles. The smallest absolute Gasteiger partial charge is 0.239 e. The van der Waals surface area contributed by atoms with Gasteiger partial charge in [0.2, 0.25) is 23.8 Å². The number of ether oxygens (including phenoxy) is 6. The third-order valence-corrected chi connectivity index (χ3v) is 9.25. The molecule has 1 aromatic heterocycles. The van der Waals surface area contributed by atoms with Gasteiger partial charge in [0.15, 0.2) is 18.2 Å². The molecule has 2 aromatic carbocycles. The van der Waals surface area contributed by atoms with Crippen LogP contribution in [-0.4, -0.2) is 155 Å². The molecule has 0 saturated carbocycles. The Hall–Kier alpha value is -3.67. The summed E-state index contributed by atoms with van der Waals surface area (Å²) < 4.78 is 40.0. The lowest BCUT2D eigenvalue weighted by Crippen LogP contribution is -2.64. The molecule has 6 rings (SSSR count). The van der Waals surface area contributed by atoms with Gasteiger partial charge in [-0.05, 0) is 38.1 Å². The van der Waals surface area contributed by atoms with E-state index in [1.54, 1.807) is 0 Å². The van der Waals surface area contributed by atoms with Gasteiger partial charge in [0.1, 0.15) is 83.2 Å². The van der Waals surface area contributed by atoms with Crippen molar-refractivity contribution in [3.8, 4) is 34.3 Å². The maximum Gasteiger partial charge on any atom is 0.239 e. The number of aliphatic hydroxyl groups excluding tert-OH is 9. The topological polar surface area (TPSA) is 308 Å². The highest BCUT2D eigenvalue weighted by Gasteiger charge is 2.51. The minimum Gasteiger partial charge on any atom is -0.508 e. The van der Waals surface area contributed by atoms with Gasteiger partial charge in [-0.1, -0.05) is 0 Å². The molecular formula is C33H40O19. The van der Waals surface area contributed by atoms with E-state index < -0.39 is 121 Å². The summed E-state index contributed by atoms with van der Waals surface area (Å²) in [6, 6.07) is 7.38. The van der Waals surface area contributed by atoms with E-state index in [2.05, 4.69) is 0 Å². The second kappa shape index (κ2) is 15.0. The summed E-state index contributed by atoms with van der Waals surface area (Å²) in [6.45, 7) is 2.00. The number of hydrogen-bond acceptors (Lipinski definition) is 19. The van der Waals surface area contributed by atoms with Gasteiger partial charge in [-0.15, -0.1) is 0 Å². The minimum absolute atomic E-state index is 0.135. The molecule has 0 aliphatic carbocycles. The number of phenols is 2. The van der Waals surface area contributed by atoms with Gasteiger partial charge in [-0.2, -0.15) is 0 Å². The number of aromatic hydroxyl groups is 2. The fourth-order valence-electron chi connectivity index (χ4n) is 6.17. The van der Waals surface area contributed by atoms with Gasteiger partial charge >= 0.3 is 0 Å². The van der Waals surface area contributed by atoms with Gasteiger partial charge in [0.25, 0.3) is 0 Å². The van der Waals surface area contributed by atoms with Crippen LogP contribution in [0.3, 0.4) is 0 Å². The van der Waals surface area contributed by atoms with E-state index in [0.717, 1.165) is 12.1 Å². The molecule has 19 nitrogen and oxygen atoms in total. The molecule has 15 atom stereocenters. The van der Waals surface area contributed by atoms with Crippen LogP contribution >= 0.6 is 0 Å². The Kier molecular flexibility index (Phi) is 11.0. The molecule has 3 aromatic rings. The summed E-state index contributed by atoms with van der Waals surface area (Å²) in [7, 11) is 0.